The van der Waals surface area contributed by atoms with Gasteiger partial charge in [0.15, 0.2) is 34.4 Å². The summed E-state index contributed by atoms with van der Waals surface area (Å²) in [5.74, 6) is -0.669. The Morgan fingerprint density at radius 1 is 0.962 bits per heavy atom. The van der Waals surface area contributed by atoms with Crippen molar-refractivity contribution >= 4 is 57.9 Å². The Morgan fingerprint density at radius 2 is 1.71 bits per heavy atom. The van der Waals surface area contributed by atoms with E-state index in [2.05, 4.69) is 32.3 Å². The second kappa shape index (κ2) is 16.9. The van der Waals surface area contributed by atoms with Gasteiger partial charge in [0.1, 0.15) is 6.61 Å². The second-order valence-corrected chi connectivity index (χ2v) is 13.3. The number of ether oxygens (including phenoxy) is 6. The minimum absolute atomic E-state index is 0.119. The van der Waals surface area contributed by atoms with Crippen LogP contribution < -0.4 is 33.8 Å². The molecule has 3 aromatic carbocycles. The Balaban J connectivity index is 1.56. The molecule has 1 N–H and O–H groups in total. The molecule has 15 heteroatoms. The van der Waals surface area contributed by atoms with Crippen LogP contribution in [0.15, 0.2) is 75.7 Å². The van der Waals surface area contributed by atoms with Crippen molar-refractivity contribution in [1.29, 1.82) is 0 Å². The van der Waals surface area contributed by atoms with Crippen LogP contribution in [0, 0.1) is 3.57 Å². The van der Waals surface area contributed by atoms with Crippen molar-refractivity contribution in [3.63, 3.8) is 0 Å². The number of carboxylic acid groups (broad SMARTS) is 1. The van der Waals surface area contributed by atoms with E-state index in [-0.39, 0.29) is 48.9 Å². The molecule has 1 aliphatic rings. The van der Waals surface area contributed by atoms with E-state index < -0.39 is 23.9 Å². The number of carboxylic acids is 1. The number of nitrogens with zero attached hydrogens (tertiary/aromatic N) is 2. The van der Waals surface area contributed by atoms with Gasteiger partial charge < -0.3 is 33.5 Å². The van der Waals surface area contributed by atoms with Crippen LogP contribution in [-0.2, 0) is 25.7 Å². The molecule has 0 amide bonds. The molecule has 0 spiro atoms. The minimum atomic E-state index is -1.01. The molecular formula is C37H35IN2O11S. The van der Waals surface area contributed by atoms with E-state index >= 15 is 0 Å². The van der Waals surface area contributed by atoms with Crippen LogP contribution in [0.1, 0.15) is 53.9 Å². The fourth-order valence-corrected chi connectivity index (χ4v) is 7.23. The number of methoxy groups -OCH3 is 2. The van der Waals surface area contributed by atoms with Gasteiger partial charge in [-0.15, -0.1) is 0 Å². The number of halogens is 1. The first-order chi connectivity index (χ1) is 25.0. The summed E-state index contributed by atoms with van der Waals surface area (Å²) in [7, 11) is 2.77. The number of hydrogen-bond acceptors (Lipinski definition) is 12. The highest BCUT2D eigenvalue weighted by molar-refractivity contribution is 14.1. The van der Waals surface area contributed by atoms with E-state index in [1.54, 1.807) is 63.2 Å². The van der Waals surface area contributed by atoms with Crippen LogP contribution in [-0.4, -0.2) is 61.6 Å². The van der Waals surface area contributed by atoms with E-state index in [4.69, 9.17) is 23.7 Å². The third kappa shape index (κ3) is 8.31. The zero-order valence-electron chi connectivity index (χ0n) is 28.9. The molecule has 0 aliphatic carbocycles. The van der Waals surface area contributed by atoms with Crippen molar-refractivity contribution in [2.45, 2.75) is 33.4 Å². The predicted molar refractivity (Wildman–Crippen MR) is 199 cm³/mol. The van der Waals surface area contributed by atoms with Crippen LogP contribution in [0.4, 0.5) is 0 Å². The number of hydrogen-bond donors (Lipinski definition) is 1. The summed E-state index contributed by atoms with van der Waals surface area (Å²) in [4.78, 5) is 55.6. The monoisotopic (exact) mass is 842 g/mol. The zero-order valence-corrected chi connectivity index (χ0v) is 31.9. The zero-order chi connectivity index (χ0) is 37.5. The summed E-state index contributed by atoms with van der Waals surface area (Å²) in [5, 5.41) is 9.17. The number of benzene rings is 3. The number of carbonyl (C=O) groups excluding carboxylic acids is 2. The molecule has 1 aromatic heterocycles. The molecule has 13 nitrogen and oxygen atoms in total. The van der Waals surface area contributed by atoms with Crippen LogP contribution in [0.25, 0.3) is 6.08 Å². The molecule has 52 heavy (non-hydrogen) atoms. The number of carbonyl (C=O) groups is 3. The maximum absolute atomic E-state index is 14.3. The van der Waals surface area contributed by atoms with Crippen molar-refractivity contribution in [3.05, 3.63) is 111 Å². The Bertz CT molecular complexity index is 2230. The molecular weight excluding hydrogens is 807 g/mol. The Kier molecular flexibility index (Phi) is 12.4. The quantitative estimate of drug-likeness (QED) is 0.139. The van der Waals surface area contributed by atoms with Crippen LogP contribution in [0.5, 0.6) is 23.0 Å². The summed E-state index contributed by atoms with van der Waals surface area (Å²) >= 11 is 3.30. The molecule has 1 aliphatic heterocycles. The van der Waals surface area contributed by atoms with Gasteiger partial charge in [-0.2, -0.15) is 0 Å². The van der Waals surface area contributed by atoms with Gasteiger partial charge in [0.2, 0.25) is 0 Å². The highest BCUT2D eigenvalue weighted by Gasteiger charge is 2.34. The Hall–Kier alpha value is -5.16. The van der Waals surface area contributed by atoms with Gasteiger partial charge in [0.05, 0.1) is 58.4 Å². The van der Waals surface area contributed by atoms with Crippen molar-refractivity contribution in [1.82, 2.24) is 4.57 Å². The summed E-state index contributed by atoms with van der Waals surface area (Å²) in [6, 6.07) is 14.0. The van der Waals surface area contributed by atoms with Crippen molar-refractivity contribution in [3.8, 4) is 23.0 Å². The van der Waals surface area contributed by atoms with Crippen LogP contribution >= 0.6 is 33.9 Å². The summed E-state index contributed by atoms with van der Waals surface area (Å²) in [5.41, 5.74) is 2.36. The van der Waals surface area contributed by atoms with Gasteiger partial charge in [0.25, 0.3) is 5.56 Å². The molecule has 4 aromatic rings. The summed E-state index contributed by atoms with van der Waals surface area (Å²) in [6.45, 7) is 5.43. The summed E-state index contributed by atoms with van der Waals surface area (Å²) < 4.78 is 35.8. The number of esters is 2. The maximum Gasteiger partial charge on any atom is 0.343 e. The lowest BCUT2D eigenvalue weighted by Gasteiger charge is -2.25. The van der Waals surface area contributed by atoms with Crippen LogP contribution in [0.2, 0.25) is 0 Å². The molecule has 0 fully saturated rings. The topological polar surface area (TPSA) is 161 Å². The number of rotatable bonds is 14. The first-order valence-electron chi connectivity index (χ1n) is 16.0. The normalized spacial score (nSPS) is 13.9. The fraction of sp³-hybridized carbons (Fsp3) is 0.270. The molecule has 1 atom stereocenters. The molecule has 272 valence electrons. The van der Waals surface area contributed by atoms with Gasteiger partial charge in [-0.1, -0.05) is 29.5 Å². The highest BCUT2D eigenvalue weighted by atomic mass is 127. The molecule has 0 bridgehead atoms. The molecule has 0 unspecified atom stereocenters. The van der Waals surface area contributed by atoms with E-state index in [1.807, 2.05) is 6.07 Å². The number of fused-ring (bicyclic) bond motifs is 1. The maximum atomic E-state index is 14.3. The van der Waals surface area contributed by atoms with E-state index in [0.717, 1.165) is 9.13 Å². The Labute approximate surface area is 315 Å². The van der Waals surface area contributed by atoms with Crippen molar-refractivity contribution in [2.75, 3.05) is 34.0 Å². The highest BCUT2D eigenvalue weighted by Crippen LogP contribution is 2.37. The third-order valence-electron chi connectivity index (χ3n) is 7.81. The lowest BCUT2D eigenvalue weighted by molar-refractivity contribution is -0.143. The largest absolute Gasteiger partial charge is 0.493 e. The minimum Gasteiger partial charge on any atom is -0.493 e. The fourth-order valence-electron chi connectivity index (χ4n) is 5.40. The molecule has 5 rings (SSSR count). The van der Waals surface area contributed by atoms with Gasteiger partial charge in [0, 0.05) is 0 Å². The van der Waals surface area contributed by atoms with E-state index in [0.29, 0.717) is 43.4 Å². The van der Waals surface area contributed by atoms with Gasteiger partial charge in [-0.25, -0.2) is 19.4 Å². The van der Waals surface area contributed by atoms with Gasteiger partial charge in [-0.05, 0) is 103 Å². The lowest BCUT2D eigenvalue weighted by atomic mass is 9.95. The van der Waals surface area contributed by atoms with Gasteiger partial charge in [-0.3, -0.25) is 9.36 Å². The summed E-state index contributed by atoms with van der Waals surface area (Å²) in [6.07, 6.45) is 1.72. The second-order valence-electron chi connectivity index (χ2n) is 11.1. The Morgan fingerprint density at radius 3 is 2.37 bits per heavy atom. The van der Waals surface area contributed by atoms with Crippen LogP contribution in [0.3, 0.4) is 0 Å². The number of allylic oxidation sites excluding steroid dienone is 1. The molecule has 0 saturated carbocycles. The molecule has 2 heterocycles. The van der Waals surface area contributed by atoms with Crippen molar-refractivity contribution in [2.24, 2.45) is 4.99 Å². The third-order valence-corrected chi connectivity index (χ3v) is 9.59. The smallest absolute Gasteiger partial charge is 0.343 e. The van der Waals surface area contributed by atoms with Gasteiger partial charge >= 0.3 is 17.9 Å². The first-order valence-corrected chi connectivity index (χ1v) is 17.9. The first kappa shape index (κ1) is 38.1. The molecule has 0 radical (unpaired) electrons. The number of thiazole rings is 1. The SMILES string of the molecule is CCOC(=O)C1=C(C)N=c2s/c(=C\c3cc(I)c(OCc4ccc(C(=O)O)cc4)c(OC)c3)c(=O)n2[C@@H]1c1ccc(OCC(=O)OC)c(OCC)c1. The predicted octanol–water partition coefficient (Wildman–Crippen LogP) is 4.64. The standard InChI is InChI=1S/C37H35IN2O11S/c1-6-48-27-17-24(12-13-26(27)50-19-30(41)47-5)32-31(36(45)49-7-2)20(3)39-37-40(32)34(42)29(52-37)16-22-14-25(38)33(28(15-22)46-4)51-18-21-8-10-23(11-9-21)35(43)44/h8-17,32H,6-7,18-19H2,1-5H3,(H,43,44)/b29-16-/t32-/m1/s1. The van der Waals surface area contributed by atoms with E-state index in [1.165, 1.54) is 42.3 Å². The average molecular weight is 843 g/mol. The number of aromatic nitrogens is 1. The molecule has 0 saturated heterocycles. The lowest BCUT2D eigenvalue weighted by Crippen LogP contribution is -2.40. The van der Waals surface area contributed by atoms with Crippen molar-refractivity contribution < 1.29 is 47.9 Å². The van der Waals surface area contributed by atoms with E-state index in [9.17, 15) is 24.3 Å². The average Bonchev–Trinajstić information content (AvgIpc) is 3.43. The number of aromatic carboxylic acids is 1.